The number of fused-ring (bicyclic) bond motifs is 2. The largest absolute Gasteiger partial charge is 0.369 e. The number of anilines is 1. The number of nitrogens with zero attached hydrogens (tertiary/aromatic N) is 3. The van der Waals surface area contributed by atoms with Crippen LogP contribution in [0.3, 0.4) is 0 Å². The van der Waals surface area contributed by atoms with E-state index in [2.05, 4.69) is 9.98 Å². The van der Waals surface area contributed by atoms with Crippen LogP contribution in [-0.2, 0) is 0 Å². The van der Waals surface area contributed by atoms with E-state index in [9.17, 15) is 9.59 Å². The van der Waals surface area contributed by atoms with Crippen molar-refractivity contribution in [2.75, 3.05) is 4.90 Å². The Bertz CT molecular complexity index is 1110. The fourth-order valence-electron chi connectivity index (χ4n) is 4.72. The van der Waals surface area contributed by atoms with Gasteiger partial charge >= 0.3 is 0 Å². The summed E-state index contributed by atoms with van der Waals surface area (Å²) in [5.41, 5.74) is 14.0. The summed E-state index contributed by atoms with van der Waals surface area (Å²) in [4.78, 5) is 36.7. The molecule has 7 heteroatoms. The number of rotatable bonds is 1. The van der Waals surface area contributed by atoms with Crippen LogP contribution in [0.4, 0.5) is 5.69 Å². The van der Waals surface area contributed by atoms with Gasteiger partial charge in [-0.05, 0) is 43.9 Å². The fraction of sp³-hybridized carbons (Fsp3) is 0.273. The third kappa shape index (κ3) is 2.57. The van der Waals surface area contributed by atoms with Gasteiger partial charge in [0, 0.05) is 27.9 Å². The Labute approximate surface area is 168 Å². The van der Waals surface area contributed by atoms with Crippen LogP contribution in [0, 0.1) is 0 Å². The molecule has 1 spiro atoms. The highest BCUT2D eigenvalue weighted by Gasteiger charge is 2.43. The van der Waals surface area contributed by atoms with E-state index < -0.39 is 5.66 Å². The molecule has 0 amide bonds. The molecule has 1 aliphatic heterocycles. The molecule has 0 atom stereocenters. The molecule has 0 aromatic heterocycles. The number of guanidine groups is 2. The molecule has 0 unspecified atom stereocenters. The Balaban J connectivity index is 1.64. The summed E-state index contributed by atoms with van der Waals surface area (Å²) in [5, 5.41) is 0. The number of benzene rings is 2. The van der Waals surface area contributed by atoms with Crippen molar-refractivity contribution < 1.29 is 9.59 Å². The molecule has 0 radical (unpaired) electrons. The van der Waals surface area contributed by atoms with Crippen molar-refractivity contribution >= 4 is 29.2 Å². The number of carbonyl (C=O) groups is 2. The standard InChI is InChI=1S/C22H21N5O2/c23-20-25-21(24)27(22(26-20)10-4-1-5-11-22)13-8-9-16-17(12-13)19(29)15-7-3-2-6-14(15)18(16)28/h2-3,6-9,12H,1,4-5,10-11H2,(H4,23,24,25,26). The maximum atomic E-state index is 13.1. The third-order valence-electron chi connectivity index (χ3n) is 6.02. The Kier molecular flexibility index (Phi) is 3.81. The first-order valence-electron chi connectivity index (χ1n) is 9.82. The van der Waals surface area contributed by atoms with Gasteiger partial charge in [0.2, 0.25) is 11.9 Å². The molecular weight excluding hydrogens is 366 g/mol. The molecule has 0 saturated heterocycles. The van der Waals surface area contributed by atoms with E-state index in [1.807, 2.05) is 11.0 Å². The van der Waals surface area contributed by atoms with E-state index >= 15 is 0 Å². The summed E-state index contributed by atoms with van der Waals surface area (Å²) in [5.74, 6) is 0.134. The summed E-state index contributed by atoms with van der Waals surface area (Å²) in [7, 11) is 0. The average molecular weight is 387 g/mol. The van der Waals surface area contributed by atoms with E-state index in [0.29, 0.717) is 27.9 Å². The topological polar surface area (TPSA) is 114 Å². The molecule has 1 fully saturated rings. The van der Waals surface area contributed by atoms with Crippen molar-refractivity contribution in [3.05, 3.63) is 64.7 Å². The van der Waals surface area contributed by atoms with Crippen molar-refractivity contribution in [3.63, 3.8) is 0 Å². The molecule has 5 rings (SSSR count). The van der Waals surface area contributed by atoms with Crippen LogP contribution in [-0.4, -0.2) is 29.1 Å². The van der Waals surface area contributed by atoms with Crippen molar-refractivity contribution in [1.29, 1.82) is 0 Å². The number of aliphatic imine (C=N–C) groups is 2. The molecule has 146 valence electrons. The highest BCUT2D eigenvalue weighted by molar-refractivity contribution is 6.28. The molecule has 4 N–H and O–H groups in total. The lowest BCUT2D eigenvalue weighted by atomic mass is 9.83. The summed E-state index contributed by atoms with van der Waals surface area (Å²) in [6.07, 6.45) is 4.76. The zero-order valence-corrected chi connectivity index (χ0v) is 15.9. The second kappa shape index (κ2) is 6.27. The lowest BCUT2D eigenvalue weighted by Crippen LogP contribution is -2.58. The lowest BCUT2D eigenvalue weighted by molar-refractivity contribution is 0.0979. The lowest BCUT2D eigenvalue weighted by Gasteiger charge is -2.45. The van der Waals surface area contributed by atoms with Gasteiger partial charge in [0.25, 0.3) is 0 Å². The monoisotopic (exact) mass is 387 g/mol. The molecule has 3 aliphatic rings. The van der Waals surface area contributed by atoms with Crippen molar-refractivity contribution in [1.82, 2.24) is 0 Å². The minimum atomic E-state index is -0.595. The second-order valence-electron chi connectivity index (χ2n) is 7.75. The van der Waals surface area contributed by atoms with Crippen LogP contribution in [0.5, 0.6) is 0 Å². The second-order valence-corrected chi connectivity index (χ2v) is 7.75. The summed E-state index contributed by atoms with van der Waals surface area (Å²) in [6.45, 7) is 0. The van der Waals surface area contributed by atoms with Crippen molar-refractivity contribution in [3.8, 4) is 0 Å². The Morgan fingerprint density at radius 3 is 2.14 bits per heavy atom. The number of hydrogen-bond acceptors (Lipinski definition) is 7. The van der Waals surface area contributed by atoms with E-state index in [-0.39, 0.29) is 23.5 Å². The molecule has 2 aliphatic carbocycles. The van der Waals surface area contributed by atoms with Gasteiger partial charge in [-0.1, -0.05) is 30.7 Å². The maximum Gasteiger partial charge on any atom is 0.220 e. The van der Waals surface area contributed by atoms with Crippen LogP contribution >= 0.6 is 0 Å². The quantitative estimate of drug-likeness (QED) is 0.666. The highest BCUT2D eigenvalue weighted by atomic mass is 16.1. The molecule has 2 aromatic rings. The zero-order valence-electron chi connectivity index (χ0n) is 15.9. The van der Waals surface area contributed by atoms with E-state index in [1.165, 1.54) is 0 Å². The molecule has 7 nitrogen and oxygen atoms in total. The van der Waals surface area contributed by atoms with E-state index in [1.54, 1.807) is 36.4 Å². The van der Waals surface area contributed by atoms with Crippen LogP contribution in [0.1, 0.15) is 63.9 Å². The minimum Gasteiger partial charge on any atom is -0.369 e. The van der Waals surface area contributed by atoms with Crippen LogP contribution in [0.2, 0.25) is 0 Å². The number of hydrogen-bond donors (Lipinski definition) is 2. The van der Waals surface area contributed by atoms with Gasteiger partial charge in [0.05, 0.1) is 0 Å². The number of nitrogens with two attached hydrogens (primary N) is 2. The molecule has 1 saturated carbocycles. The average Bonchev–Trinajstić information content (AvgIpc) is 2.72. The summed E-state index contributed by atoms with van der Waals surface area (Å²) in [6, 6.07) is 12.2. The molecule has 29 heavy (non-hydrogen) atoms. The molecule has 2 aromatic carbocycles. The van der Waals surface area contributed by atoms with Gasteiger partial charge in [-0.2, -0.15) is 4.99 Å². The van der Waals surface area contributed by atoms with Gasteiger partial charge in [0.1, 0.15) is 5.66 Å². The minimum absolute atomic E-state index is 0.142. The first-order chi connectivity index (χ1) is 14.0. The predicted molar refractivity (Wildman–Crippen MR) is 111 cm³/mol. The Morgan fingerprint density at radius 2 is 1.45 bits per heavy atom. The van der Waals surface area contributed by atoms with Crippen molar-refractivity contribution in [2.24, 2.45) is 21.5 Å². The predicted octanol–water partition coefficient (Wildman–Crippen LogP) is 2.57. The zero-order chi connectivity index (χ0) is 20.2. The SMILES string of the molecule is NC1=NC2(CCCCC2)N(c2ccc3c(c2)C(=O)c2ccccc2C3=O)C(N)=N1. The van der Waals surface area contributed by atoms with Gasteiger partial charge in [-0.25, -0.2) is 4.99 Å². The van der Waals surface area contributed by atoms with Crippen molar-refractivity contribution in [2.45, 2.75) is 37.8 Å². The highest BCUT2D eigenvalue weighted by Crippen LogP contribution is 2.40. The van der Waals surface area contributed by atoms with Crippen LogP contribution in [0.25, 0.3) is 0 Å². The first-order valence-corrected chi connectivity index (χ1v) is 9.82. The van der Waals surface area contributed by atoms with E-state index in [0.717, 1.165) is 32.1 Å². The summed E-state index contributed by atoms with van der Waals surface area (Å²) >= 11 is 0. The first kappa shape index (κ1) is 17.6. The number of carbonyl (C=O) groups excluding carboxylic acids is 2. The van der Waals surface area contributed by atoms with Gasteiger partial charge < -0.3 is 11.5 Å². The fourth-order valence-corrected chi connectivity index (χ4v) is 4.72. The molecule has 1 heterocycles. The molecule has 0 bridgehead atoms. The van der Waals surface area contributed by atoms with Gasteiger partial charge in [0.15, 0.2) is 11.6 Å². The Morgan fingerprint density at radius 1 is 0.828 bits per heavy atom. The Hall–Kier alpha value is -3.48. The maximum absolute atomic E-state index is 13.1. The van der Waals surface area contributed by atoms with E-state index in [4.69, 9.17) is 11.5 Å². The van der Waals surface area contributed by atoms with Gasteiger partial charge in [-0.15, -0.1) is 0 Å². The third-order valence-corrected chi connectivity index (χ3v) is 6.02. The normalized spacial score (nSPS) is 20.1. The van der Waals surface area contributed by atoms with Crippen LogP contribution in [0.15, 0.2) is 52.4 Å². The van der Waals surface area contributed by atoms with Crippen LogP contribution < -0.4 is 16.4 Å². The summed E-state index contributed by atoms with van der Waals surface area (Å²) < 4.78 is 0. The number of ketones is 2. The smallest absolute Gasteiger partial charge is 0.220 e. The molecular formula is C22H21N5O2. The van der Waals surface area contributed by atoms with Gasteiger partial charge in [-0.3, -0.25) is 14.5 Å².